The number of benzene rings is 19. The summed E-state index contributed by atoms with van der Waals surface area (Å²) >= 11 is 0. The minimum Gasteiger partial charge on any atom is -0.456 e. The van der Waals surface area contributed by atoms with Crippen molar-refractivity contribution in [3.05, 3.63) is 455 Å². The molecule has 0 N–H and O–H groups in total. The molecule has 0 radical (unpaired) electrons. The summed E-state index contributed by atoms with van der Waals surface area (Å²) in [4.78, 5) is 4.79. The molecule has 128 heavy (non-hydrogen) atoms. The van der Waals surface area contributed by atoms with Gasteiger partial charge in [0, 0.05) is 115 Å². The van der Waals surface area contributed by atoms with Gasteiger partial charge >= 0.3 is 0 Å². The fourth-order valence-electron chi connectivity index (χ4n) is 20.5. The Kier molecular flexibility index (Phi) is 16.5. The second kappa shape index (κ2) is 29.2. The first-order valence-corrected chi connectivity index (χ1v) is 43.6. The molecule has 9 nitrogen and oxygen atoms in total. The van der Waals surface area contributed by atoms with Gasteiger partial charge in [-0.15, -0.1) is 0 Å². The van der Waals surface area contributed by atoms with Crippen molar-refractivity contribution in [1.29, 1.82) is 0 Å². The lowest BCUT2D eigenvalue weighted by atomic mass is 10.0. The van der Waals surface area contributed by atoms with E-state index in [0.717, 1.165) is 88.4 Å². The standard InChI is InChI=1S/2C42H26N2O.C35H23N3/c1-2-11-29(12-3-1)43-36-17-7-4-13-30(36)34-25-27(21-23-38(34)43)28-22-24-39-35(26-28)31-14-5-8-18-37(31)44(39)40-19-10-16-33-32-15-6-9-20-41(32)45-42(33)40;1-2-10-29(11-3-1)43-37-15-7-4-12-31(37)34-24-27(18-21-39(34)43)28-19-22-40-35(25-28)32-13-5-8-16-38(32)44(40)30-20-23-42-36(26-30)33-14-6-9-17-41(33)45-42;1-3-10-26(11-4-1)37-31-15-8-7-14-28(31)29-22-24(17-19-32(29)37)25-18-20-33-30(23-25)35-34(16-9-21-36-35)38(33)27-12-5-2-6-13-27/h2*1-26H;1-23H. The Morgan fingerprint density at radius 2 is 0.438 bits per heavy atom. The highest BCUT2D eigenvalue weighted by atomic mass is 16.3. The lowest BCUT2D eigenvalue weighted by molar-refractivity contribution is 0.666. The molecule has 9 aromatic heterocycles. The van der Waals surface area contributed by atoms with E-state index in [1.165, 1.54) is 154 Å². The smallest absolute Gasteiger partial charge is 0.159 e. The fourth-order valence-corrected chi connectivity index (χ4v) is 20.5. The summed E-state index contributed by atoms with van der Waals surface area (Å²) in [5, 5.41) is 18.2. The molecule has 0 unspecified atom stereocenters. The van der Waals surface area contributed by atoms with Gasteiger partial charge in [0.2, 0.25) is 0 Å². The maximum Gasteiger partial charge on any atom is 0.159 e. The SMILES string of the molecule is c1ccc(-n2c3ccccc3c3cc(-c4ccc5c(c4)c4ccccc4n5-c4ccc5oc6ccccc6c5c4)ccc32)cc1.c1ccc(-n2c3ccccc3c3cc(-c4ccc5c(c4)c4ccccc4n5-c4cccc5c4oc4ccccc45)ccc32)cc1.c1ccc(-n2c3ccccc3c3cc(-c4ccc5c(c4)c4ncccc4n5-c4ccccc4)ccc32)cc1. The molecule has 28 aromatic rings. The lowest BCUT2D eigenvalue weighted by Gasteiger charge is -2.10. The summed E-state index contributed by atoms with van der Waals surface area (Å²) in [6.07, 6.45) is 1.88. The van der Waals surface area contributed by atoms with Crippen molar-refractivity contribution >= 4 is 175 Å². The van der Waals surface area contributed by atoms with E-state index in [0.29, 0.717) is 0 Å². The lowest BCUT2D eigenvalue weighted by Crippen LogP contribution is -1.94. The third kappa shape index (κ3) is 11.5. The van der Waals surface area contributed by atoms with Crippen LogP contribution in [0.2, 0.25) is 0 Å². The van der Waals surface area contributed by atoms with Crippen LogP contribution in [-0.2, 0) is 0 Å². The largest absolute Gasteiger partial charge is 0.456 e. The molecule has 0 spiro atoms. The zero-order chi connectivity index (χ0) is 84.0. The molecule has 19 aromatic carbocycles. The van der Waals surface area contributed by atoms with Gasteiger partial charge in [0.15, 0.2) is 5.58 Å². The molecular weight excluding hydrogens is 1560 g/mol. The van der Waals surface area contributed by atoms with Crippen LogP contribution < -0.4 is 0 Å². The summed E-state index contributed by atoms with van der Waals surface area (Å²) in [5.74, 6) is 0. The predicted molar refractivity (Wildman–Crippen MR) is 534 cm³/mol. The first kappa shape index (κ1) is 72.4. The Labute approximate surface area is 733 Å². The van der Waals surface area contributed by atoms with Crippen LogP contribution >= 0.6 is 0 Å². The second-order valence-electron chi connectivity index (χ2n) is 33.2. The van der Waals surface area contributed by atoms with Crippen LogP contribution in [0.1, 0.15) is 0 Å². The van der Waals surface area contributed by atoms with E-state index in [1.807, 2.05) is 36.5 Å². The number of para-hydroxylation sites is 12. The van der Waals surface area contributed by atoms with Crippen LogP contribution in [-0.4, -0.2) is 32.4 Å². The average molecular weight is 1630 g/mol. The quantitative estimate of drug-likeness (QED) is 0.145. The number of rotatable bonds is 9. The minimum absolute atomic E-state index is 0.908. The topological polar surface area (TPSA) is 68.8 Å². The van der Waals surface area contributed by atoms with Crippen molar-refractivity contribution in [3.63, 3.8) is 0 Å². The minimum atomic E-state index is 0.908. The molecule has 0 atom stereocenters. The van der Waals surface area contributed by atoms with Gasteiger partial charge < -0.3 is 36.2 Å². The van der Waals surface area contributed by atoms with E-state index in [2.05, 4.69) is 446 Å². The number of fused-ring (bicyclic) bond motifs is 24. The third-order valence-corrected chi connectivity index (χ3v) is 26.2. The molecule has 0 saturated heterocycles. The second-order valence-corrected chi connectivity index (χ2v) is 33.2. The molecule has 0 fully saturated rings. The molecule has 598 valence electrons. The first-order chi connectivity index (χ1) is 63.5. The summed E-state index contributed by atoms with van der Waals surface area (Å²) in [7, 11) is 0. The van der Waals surface area contributed by atoms with Crippen molar-refractivity contribution < 1.29 is 8.83 Å². The van der Waals surface area contributed by atoms with E-state index in [-0.39, 0.29) is 0 Å². The zero-order valence-electron chi connectivity index (χ0n) is 69.2. The van der Waals surface area contributed by atoms with E-state index in [9.17, 15) is 0 Å². The Morgan fingerprint density at radius 1 is 0.156 bits per heavy atom. The normalized spacial score (nSPS) is 11.9. The molecular formula is C119H75N7O2. The van der Waals surface area contributed by atoms with Crippen LogP contribution in [0.4, 0.5) is 0 Å². The van der Waals surface area contributed by atoms with E-state index >= 15 is 0 Å². The van der Waals surface area contributed by atoms with Gasteiger partial charge in [0.1, 0.15) is 16.7 Å². The number of nitrogens with zero attached hydrogens (tertiary/aromatic N) is 7. The maximum absolute atomic E-state index is 6.49. The Hall–Kier alpha value is -17.3. The number of furan rings is 2. The van der Waals surface area contributed by atoms with Crippen molar-refractivity contribution in [2.45, 2.75) is 0 Å². The van der Waals surface area contributed by atoms with Gasteiger partial charge in [-0.1, -0.05) is 249 Å². The molecule has 9 heteroatoms. The monoisotopic (exact) mass is 1630 g/mol. The highest BCUT2D eigenvalue weighted by Crippen LogP contribution is 2.46. The van der Waals surface area contributed by atoms with Gasteiger partial charge in [-0.25, -0.2) is 0 Å². The van der Waals surface area contributed by atoms with Crippen LogP contribution in [0.25, 0.3) is 242 Å². The molecule has 0 bridgehead atoms. The Balaban J connectivity index is 0.000000102. The number of aromatic nitrogens is 7. The van der Waals surface area contributed by atoms with E-state index < -0.39 is 0 Å². The summed E-state index contributed by atoms with van der Waals surface area (Å²) in [5.41, 5.74) is 33.0. The Bertz CT molecular complexity index is 9170. The highest BCUT2D eigenvalue weighted by molar-refractivity contribution is 6.18. The number of hydrogen-bond acceptors (Lipinski definition) is 3. The molecule has 9 heterocycles. The molecule has 0 aliphatic carbocycles. The molecule has 0 amide bonds. The van der Waals surface area contributed by atoms with Gasteiger partial charge in [-0.3, -0.25) is 4.98 Å². The highest BCUT2D eigenvalue weighted by Gasteiger charge is 2.24. The third-order valence-electron chi connectivity index (χ3n) is 26.2. The maximum atomic E-state index is 6.49. The molecule has 0 saturated carbocycles. The Morgan fingerprint density at radius 3 is 0.844 bits per heavy atom. The number of pyridine rings is 1. The van der Waals surface area contributed by atoms with E-state index in [1.54, 1.807) is 0 Å². The van der Waals surface area contributed by atoms with Crippen molar-refractivity contribution in [1.82, 2.24) is 32.4 Å². The van der Waals surface area contributed by atoms with Crippen LogP contribution in [0.5, 0.6) is 0 Å². The van der Waals surface area contributed by atoms with E-state index in [4.69, 9.17) is 13.8 Å². The zero-order valence-corrected chi connectivity index (χ0v) is 69.2. The van der Waals surface area contributed by atoms with Gasteiger partial charge in [0.05, 0.1) is 77.4 Å². The van der Waals surface area contributed by atoms with Crippen LogP contribution in [0, 0.1) is 0 Å². The van der Waals surface area contributed by atoms with Crippen molar-refractivity contribution in [2.75, 3.05) is 0 Å². The first-order valence-electron chi connectivity index (χ1n) is 43.6. The van der Waals surface area contributed by atoms with Gasteiger partial charge in [-0.05, 0) is 234 Å². The van der Waals surface area contributed by atoms with Gasteiger partial charge in [0.25, 0.3) is 0 Å². The average Bonchev–Trinajstić information content (AvgIpc) is 1.57. The summed E-state index contributed by atoms with van der Waals surface area (Å²) < 4.78 is 26.8. The predicted octanol–water partition coefficient (Wildman–Crippen LogP) is 31.8. The van der Waals surface area contributed by atoms with Gasteiger partial charge in [-0.2, -0.15) is 0 Å². The fraction of sp³-hybridized carbons (Fsp3) is 0. The molecule has 28 rings (SSSR count). The number of hydrogen-bond donors (Lipinski definition) is 0. The van der Waals surface area contributed by atoms with Crippen molar-refractivity contribution in [2.24, 2.45) is 0 Å². The molecule has 0 aliphatic heterocycles. The van der Waals surface area contributed by atoms with Crippen LogP contribution in [0.15, 0.2) is 464 Å². The van der Waals surface area contributed by atoms with Crippen molar-refractivity contribution in [3.8, 4) is 67.5 Å². The molecule has 0 aliphatic rings. The summed E-state index contributed by atoms with van der Waals surface area (Å²) in [6, 6.07) is 161. The summed E-state index contributed by atoms with van der Waals surface area (Å²) in [6.45, 7) is 0. The van der Waals surface area contributed by atoms with Crippen LogP contribution in [0.3, 0.4) is 0 Å².